The van der Waals surface area contributed by atoms with E-state index in [1.807, 2.05) is 32.3 Å². The minimum atomic E-state index is 0.717. The zero-order chi connectivity index (χ0) is 14.7. The maximum absolute atomic E-state index is 4.66. The van der Waals surface area contributed by atoms with Gasteiger partial charge >= 0.3 is 0 Å². The van der Waals surface area contributed by atoms with Crippen molar-refractivity contribution < 1.29 is 0 Å². The van der Waals surface area contributed by atoms with Crippen LogP contribution >= 0.6 is 0 Å². The molecule has 0 N–H and O–H groups in total. The maximum Gasteiger partial charge on any atom is 0.109 e. The molecule has 0 spiro atoms. The second kappa shape index (κ2) is 5.66. The Morgan fingerprint density at radius 3 is 2.33 bits per heavy atom. The van der Waals surface area contributed by atoms with Crippen molar-refractivity contribution in [1.29, 1.82) is 0 Å². The summed E-state index contributed by atoms with van der Waals surface area (Å²) in [4.78, 5) is 19.4. The molecule has 0 saturated carbocycles. The lowest BCUT2D eigenvalue weighted by molar-refractivity contribution is 1.12. The summed E-state index contributed by atoms with van der Waals surface area (Å²) in [5, 5.41) is 0. The average Bonchev–Trinajstić information content (AvgIpc) is 2.56. The summed E-state index contributed by atoms with van der Waals surface area (Å²) in [5.74, 6) is 0. The predicted molar refractivity (Wildman–Crippen MR) is 82.8 cm³/mol. The molecule has 21 heavy (non-hydrogen) atoms. The molecule has 2 aromatic heterocycles. The van der Waals surface area contributed by atoms with Gasteiger partial charge in [0.15, 0.2) is 0 Å². The first-order valence-corrected chi connectivity index (χ1v) is 6.61. The smallest absolute Gasteiger partial charge is 0.109 e. The Morgan fingerprint density at radius 1 is 0.810 bits per heavy atom. The molecule has 0 fully saturated rings. The normalized spacial score (nSPS) is 10.4. The molecule has 0 aliphatic rings. The Bertz CT molecular complexity index is 740. The summed E-state index contributed by atoms with van der Waals surface area (Å²) >= 11 is 0. The molecule has 0 amide bonds. The van der Waals surface area contributed by atoms with Gasteiger partial charge in [-0.2, -0.15) is 0 Å². The topological polar surface area (TPSA) is 54.8 Å². The van der Waals surface area contributed by atoms with Gasteiger partial charge in [-0.05, 0) is 6.07 Å². The van der Waals surface area contributed by atoms with Crippen LogP contribution in [0.3, 0.4) is 0 Å². The Balaban J connectivity index is 2.09. The summed E-state index contributed by atoms with van der Waals surface area (Å²) in [5.41, 5.74) is 4.40. The van der Waals surface area contributed by atoms with E-state index in [4.69, 9.17) is 0 Å². The minimum absolute atomic E-state index is 0.717. The largest absolute Gasteiger partial charge is 0.377 e. The van der Waals surface area contributed by atoms with Gasteiger partial charge < -0.3 is 4.90 Å². The summed E-state index contributed by atoms with van der Waals surface area (Å²) in [6, 6.07) is 8.11. The van der Waals surface area contributed by atoms with Crippen molar-refractivity contribution in [3.8, 4) is 22.6 Å². The van der Waals surface area contributed by atoms with Gasteiger partial charge in [0.25, 0.3) is 0 Å². The maximum atomic E-state index is 4.66. The van der Waals surface area contributed by atoms with E-state index in [0.717, 1.165) is 16.9 Å². The molecule has 104 valence electrons. The molecule has 0 aliphatic heterocycles. The molecule has 0 unspecified atom stereocenters. The number of anilines is 1. The summed E-state index contributed by atoms with van der Waals surface area (Å²) in [6.07, 6.45) is 8.44. The number of para-hydroxylation sites is 1. The molecule has 5 heteroatoms. The van der Waals surface area contributed by atoms with Gasteiger partial charge in [0, 0.05) is 37.7 Å². The number of aromatic nitrogens is 4. The number of benzene rings is 1. The van der Waals surface area contributed by atoms with Crippen LogP contribution in [0, 0.1) is 0 Å². The van der Waals surface area contributed by atoms with Crippen molar-refractivity contribution >= 4 is 5.69 Å². The second-order valence-electron chi connectivity index (χ2n) is 4.79. The van der Waals surface area contributed by atoms with Gasteiger partial charge in [0.05, 0.1) is 24.3 Å². The van der Waals surface area contributed by atoms with Gasteiger partial charge in [0.1, 0.15) is 11.4 Å². The van der Waals surface area contributed by atoms with Crippen LogP contribution in [0.25, 0.3) is 22.6 Å². The Hall–Kier alpha value is -2.82. The Kier molecular flexibility index (Phi) is 3.55. The number of hydrogen-bond acceptors (Lipinski definition) is 5. The molecule has 3 aromatic rings. The van der Waals surface area contributed by atoms with Crippen molar-refractivity contribution in [3.63, 3.8) is 0 Å². The molecule has 0 atom stereocenters. The molecular formula is C16H15N5. The fraction of sp³-hybridized carbons (Fsp3) is 0.125. The van der Waals surface area contributed by atoms with Gasteiger partial charge in [0.2, 0.25) is 0 Å². The highest BCUT2D eigenvalue weighted by Gasteiger charge is 2.10. The zero-order valence-electron chi connectivity index (χ0n) is 11.9. The van der Waals surface area contributed by atoms with Crippen molar-refractivity contribution in [1.82, 2.24) is 19.9 Å². The molecule has 0 radical (unpaired) electrons. The lowest BCUT2D eigenvalue weighted by Gasteiger charge is -2.16. The molecule has 0 saturated heterocycles. The Morgan fingerprint density at radius 2 is 1.57 bits per heavy atom. The van der Waals surface area contributed by atoms with E-state index in [0.29, 0.717) is 11.4 Å². The number of hydrogen-bond donors (Lipinski definition) is 0. The van der Waals surface area contributed by atoms with Gasteiger partial charge in [-0.25, -0.2) is 4.98 Å². The van der Waals surface area contributed by atoms with Crippen LogP contribution < -0.4 is 4.90 Å². The first kappa shape index (κ1) is 13.2. The van der Waals surface area contributed by atoms with Crippen molar-refractivity contribution in [2.45, 2.75) is 0 Å². The molecule has 0 aliphatic carbocycles. The third-order valence-corrected chi connectivity index (χ3v) is 3.12. The van der Waals surface area contributed by atoms with E-state index in [-0.39, 0.29) is 0 Å². The molecule has 3 rings (SSSR count). The first-order chi connectivity index (χ1) is 10.3. The highest BCUT2D eigenvalue weighted by Crippen LogP contribution is 2.28. The van der Waals surface area contributed by atoms with Crippen LogP contribution in [0.1, 0.15) is 0 Å². The summed E-state index contributed by atoms with van der Waals surface area (Å²) < 4.78 is 0. The van der Waals surface area contributed by atoms with Crippen molar-refractivity contribution in [3.05, 3.63) is 55.2 Å². The monoisotopic (exact) mass is 277 g/mol. The lowest BCUT2D eigenvalue weighted by atomic mass is 10.1. The highest BCUT2D eigenvalue weighted by molar-refractivity contribution is 5.76. The van der Waals surface area contributed by atoms with E-state index in [9.17, 15) is 0 Å². The fourth-order valence-corrected chi connectivity index (χ4v) is 2.13. The van der Waals surface area contributed by atoms with E-state index in [1.54, 1.807) is 31.0 Å². The van der Waals surface area contributed by atoms with E-state index in [2.05, 4.69) is 30.9 Å². The standard InChI is InChI=1S/C16H15N5/c1-21(2)16-6-4-3-5-12(16)13-9-18-11-15(20-13)14-10-17-7-8-19-14/h3-11H,1-2H3. The van der Waals surface area contributed by atoms with Gasteiger partial charge in [-0.15, -0.1) is 0 Å². The third-order valence-electron chi connectivity index (χ3n) is 3.12. The van der Waals surface area contributed by atoms with Crippen LogP contribution in [-0.2, 0) is 0 Å². The predicted octanol–water partition coefficient (Wildman–Crippen LogP) is 2.67. The number of nitrogens with zero attached hydrogens (tertiary/aromatic N) is 5. The van der Waals surface area contributed by atoms with Crippen LogP contribution in [0.15, 0.2) is 55.2 Å². The number of rotatable bonds is 3. The second-order valence-corrected chi connectivity index (χ2v) is 4.79. The quantitative estimate of drug-likeness (QED) is 0.736. The Labute approximate surface area is 123 Å². The SMILES string of the molecule is CN(C)c1ccccc1-c1cncc(-c2cnccn2)n1. The van der Waals surface area contributed by atoms with Crippen molar-refractivity contribution in [2.24, 2.45) is 0 Å². The van der Waals surface area contributed by atoms with Gasteiger partial charge in [-0.3, -0.25) is 15.0 Å². The van der Waals surface area contributed by atoms with Crippen LogP contribution in [-0.4, -0.2) is 34.0 Å². The molecule has 0 bridgehead atoms. The zero-order valence-corrected chi connectivity index (χ0v) is 11.9. The van der Waals surface area contributed by atoms with E-state index in [1.165, 1.54) is 0 Å². The van der Waals surface area contributed by atoms with Crippen molar-refractivity contribution in [2.75, 3.05) is 19.0 Å². The first-order valence-electron chi connectivity index (χ1n) is 6.61. The van der Waals surface area contributed by atoms with E-state index >= 15 is 0 Å². The molecule has 2 heterocycles. The van der Waals surface area contributed by atoms with Crippen LogP contribution in [0.2, 0.25) is 0 Å². The lowest BCUT2D eigenvalue weighted by Crippen LogP contribution is -2.10. The van der Waals surface area contributed by atoms with Crippen LogP contribution in [0.4, 0.5) is 5.69 Å². The third kappa shape index (κ3) is 2.72. The minimum Gasteiger partial charge on any atom is -0.377 e. The molecule has 1 aromatic carbocycles. The van der Waals surface area contributed by atoms with E-state index < -0.39 is 0 Å². The highest BCUT2D eigenvalue weighted by atomic mass is 15.1. The average molecular weight is 277 g/mol. The van der Waals surface area contributed by atoms with Crippen LogP contribution in [0.5, 0.6) is 0 Å². The molecule has 5 nitrogen and oxygen atoms in total. The van der Waals surface area contributed by atoms with Gasteiger partial charge in [-0.1, -0.05) is 18.2 Å². The fourth-order valence-electron chi connectivity index (χ4n) is 2.13. The summed E-state index contributed by atoms with van der Waals surface area (Å²) in [7, 11) is 4.03. The molecular weight excluding hydrogens is 262 g/mol. The summed E-state index contributed by atoms with van der Waals surface area (Å²) in [6.45, 7) is 0.